The van der Waals surface area contributed by atoms with Gasteiger partial charge in [-0.2, -0.15) is 0 Å². The van der Waals surface area contributed by atoms with Crippen molar-refractivity contribution in [1.29, 1.82) is 0 Å². The monoisotopic (exact) mass is 722 g/mol. The zero-order valence-corrected chi connectivity index (χ0v) is 29.1. The van der Waals surface area contributed by atoms with Crippen LogP contribution in [0.25, 0.3) is 10.9 Å². The Kier molecular flexibility index (Phi) is 12.6. The first-order chi connectivity index (χ1) is 25.5. The Balaban J connectivity index is 1.05. The normalized spacial score (nSPS) is 12.8. The molecule has 1 heterocycles. The molecule has 276 valence electrons. The van der Waals surface area contributed by atoms with Crippen molar-refractivity contribution >= 4 is 28.7 Å². The van der Waals surface area contributed by atoms with E-state index < -0.39 is 17.7 Å². The molecule has 0 radical (unpaired) electrons. The van der Waals surface area contributed by atoms with Crippen molar-refractivity contribution in [3.05, 3.63) is 141 Å². The molecule has 4 aromatic carbocycles. The second-order valence-electron chi connectivity index (χ2n) is 12.4. The van der Waals surface area contributed by atoms with E-state index in [1.54, 1.807) is 61.5 Å². The molecule has 5 rings (SSSR count). The number of benzene rings is 4. The summed E-state index contributed by atoms with van der Waals surface area (Å²) in [5.74, 6) is -1.92. The van der Waals surface area contributed by atoms with Gasteiger partial charge in [-0.05, 0) is 73.0 Å². The van der Waals surface area contributed by atoms with Crippen LogP contribution in [0.1, 0.15) is 45.6 Å². The Morgan fingerprint density at radius 2 is 1.64 bits per heavy atom. The van der Waals surface area contributed by atoms with Crippen LogP contribution < -0.4 is 20.9 Å². The second kappa shape index (κ2) is 17.5. The van der Waals surface area contributed by atoms with Crippen LogP contribution in [0, 0.1) is 0 Å². The number of H-pyrrole nitrogens is 1. The van der Waals surface area contributed by atoms with Gasteiger partial charge in [-0.25, -0.2) is 4.79 Å². The Hall–Kier alpha value is -6.02. The fourth-order valence-corrected chi connectivity index (χ4v) is 5.96. The number of aromatic nitrogens is 1. The molecule has 0 aliphatic carbocycles. The number of hydrogen-bond acceptors (Lipinski definition) is 9. The standard InChI is InChI=1S/C40H42N4O9/c1-2-44(36(48)25-53-30-10-6-9-29(23-30)40(52,39(50)51)28-7-4-3-5-8-28)22-21-42-38(49)27-13-11-26(12-14-27)19-20-41-24-34(46)31-15-17-33(45)37-32(31)16-18-35(47)43-37/h3-18,23,34,41,45-46,52H,2,19-22,24-25H2,1H3,(H,42,49)(H,43,47)(H,50,51)/t34-,40-/m0/s1. The molecule has 0 spiro atoms. The van der Waals surface area contributed by atoms with E-state index in [0.717, 1.165) is 5.56 Å². The number of ether oxygens (including phenoxy) is 1. The van der Waals surface area contributed by atoms with E-state index in [0.29, 0.717) is 36.0 Å². The van der Waals surface area contributed by atoms with Gasteiger partial charge in [0.15, 0.2) is 6.61 Å². The molecule has 7 N–H and O–H groups in total. The van der Waals surface area contributed by atoms with Gasteiger partial charge in [0.2, 0.25) is 11.2 Å². The number of nitrogens with one attached hydrogen (secondary N) is 3. The van der Waals surface area contributed by atoms with E-state index in [-0.39, 0.29) is 71.8 Å². The first-order valence-corrected chi connectivity index (χ1v) is 17.1. The van der Waals surface area contributed by atoms with Gasteiger partial charge in [0, 0.05) is 48.8 Å². The van der Waals surface area contributed by atoms with E-state index in [1.807, 2.05) is 12.1 Å². The van der Waals surface area contributed by atoms with Crippen molar-refractivity contribution in [3.8, 4) is 11.5 Å². The highest BCUT2D eigenvalue weighted by molar-refractivity contribution is 5.94. The van der Waals surface area contributed by atoms with Gasteiger partial charge < -0.3 is 45.7 Å². The summed E-state index contributed by atoms with van der Waals surface area (Å²) in [6, 6.07) is 27.1. The SMILES string of the molecule is CCN(CCNC(=O)c1ccc(CCNC[C@H](O)c2ccc(O)c3[nH]c(=O)ccc23)cc1)C(=O)COc1cccc([C@](O)(C(=O)O)c2ccccc2)c1. The lowest BCUT2D eigenvalue weighted by molar-refractivity contribution is -0.155. The number of hydrogen-bond donors (Lipinski definition) is 7. The predicted molar refractivity (Wildman–Crippen MR) is 198 cm³/mol. The third-order valence-corrected chi connectivity index (χ3v) is 8.93. The van der Waals surface area contributed by atoms with Crippen molar-refractivity contribution in [2.45, 2.75) is 25.0 Å². The highest BCUT2D eigenvalue weighted by Gasteiger charge is 2.40. The maximum Gasteiger partial charge on any atom is 0.345 e. The summed E-state index contributed by atoms with van der Waals surface area (Å²) in [7, 11) is 0. The van der Waals surface area contributed by atoms with Gasteiger partial charge in [0.25, 0.3) is 11.8 Å². The first-order valence-electron chi connectivity index (χ1n) is 17.1. The Labute approximate surface area is 305 Å². The third-order valence-electron chi connectivity index (χ3n) is 8.93. The van der Waals surface area contributed by atoms with E-state index in [4.69, 9.17) is 4.74 Å². The maximum atomic E-state index is 12.9. The average molecular weight is 723 g/mol. The number of rotatable bonds is 17. The van der Waals surface area contributed by atoms with Crippen molar-refractivity contribution in [2.75, 3.05) is 39.3 Å². The van der Waals surface area contributed by atoms with Crippen LogP contribution in [0.2, 0.25) is 0 Å². The molecule has 13 nitrogen and oxygen atoms in total. The fourth-order valence-electron chi connectivity index (χ4n) is 5.96. The maximum absolute atomic E-state index is 12.9. The molecule has 5 aromatic rings. The number of pyridine rings is 1. The zero-order chi connectivity index (χ0) is 38.0. The van der Waals surface area contributed by atoms with Gasteiger partial charge in [0.05, 0.1) is 11.6 Å². The number of carbonyl (C=O) groups excluding carboxylic acids is 2. The molecule has 2 amide bonds. The number of aliphatic hydroxyl groups excluding tert-OH is 1. The molecule has 0 fully saturated rings. The van der Waals surface area contributed by atoms with Crippen LogP contribution in [0.3, 0.4) is 0 Å². The number of fused-ring (bicyclic) bond motifs is 1. The van der Waals surface area contributed by atoms with Crippen LogP contribution in [0.4, 0.5) is 0 Å². The molecule has 0 saturated carbocycles. The molecule has 0 aliphatic rings. The number of phenolic OH excluding ortho intramolecular Hbond substituents is 1. The number of aliphatic hydroxyl groups is 2. The zero-order valence-electron chi connectivity index (χ0n) is 29.1. The number of carboxylic acid groups (broad SMARTS) is 1. The molecule has 2 atom stereocenters. The number of aromatic amines is 1. The third kappa shape index (κ3) is 9.26. The molecular formula is C40H42N4O9. The topological polar surface area (TPSA) is 202 Å². The summed E-state index contributed by atoms with van der Waals surface area (Å²) in [6.07, 6.45) is -0.224. The number of aliphatic carboxylic acids is 1. The highest BCUT2D eigenvalue weighted by atomic mass is 16.5. The van der Waals surface area contributed by atoms with E-state index in [9.17, 15) is 39.6 Å². The molecule has 0 aliphatic heterocycles. The summed E-state index contributed by atoms with van der Waals surface area (Å²) in [4.78, 5) is 53.6. The van der Waals surface area contributed by atoms with Crippen LogP contribution in [0.15, 0.2) is 108 Å². The lowest BCUT2D eigenvalue weighted by Crippen LogP contribution is -2.40. The molecule has 0 unspecified atom stereocenters. The van der Waals surface area contributed by atoms with Crippen LogP contribution in [0.5, 0.6) is 11.5 Å². The number of phenols is 1. The van der Waals surface area contributed by atoms with Crippen molar-refractivity contribution in [3.63, 3.8) is 0 Å². The molecule has 0 saturated heterocycles. The van der Waals surface area contributed by atoms with Gasteiger partial charge in [-0.3, -0.25) is 14.4 Å². The number of carboxylic acids is 1. The Morgan fingerprint density at radius 3 is 2.36 bits per heavy atom. The van der Waals surface area contributed by atoms with Crippen LogP contribution in [-0.2, 0) is 21.6 Å². The van der Waals surface area contributed by atoms with Crippen LogP contribution >= 0.6 is 0 Å². The average Bonchev–Trinajstić information content (AvgIpc) is 3.17. The summed E-state index contributed by atoms with van der Waals surface area (Å²) in [5, 5.41) is 48.4. The van der Waals surface area contributed by atoms with E-state index >= 15 is 0 Å². The first kappa shape index (κ1) is 38.2. The van der Waals surface area contributed by atoms with E-state index in [1.165, 1.54) is 41.3 Å². The van der Waals surface area contributed by atoms with E-state index in [2.05, 4.69) is 15.6 Å². The summed E-state index contributed by atoms with van der Waals surface area (Å²) < 4.78 is 5.68. The molecule has 0 bridgehead atoms. The smallest absolute Gasteiger partial charge is 0.345 e. The minimum Gasteiger partial charge on any atom is -0.506 e. The lowest BCUT2D eigenvalue weighted by atomic mass is 9.86. The van der Waals surface area contributed by atoms with Crippen molar-refractivity contribution in [1.82, 2.24) is 20.5 Å². The molecule has 53 heavy (non-hydrogen) atoms. The van der Waals surface area contributed by atoms with Gasteiger partial charge >= 0.3 is 5.97 Å². The Bertz CT molecular complexity index is 2100. The van der Waals surface area contributed by atoms with Crippen molar-refractivity contribution in [2.24, 2.45) is 0 Å². The number of nitrogens with zero attached hydrogens (tertiary/aromatic N) is 1. The van der Waals surface area contributed by atoms with Gasteiger partial charge in [-0.15, -0.1) is 0 Å². The minimum atomic E-state index is -2.31. The second-order valence-corrected chi connectivity index (χ2v) is 12.4. The molecule has 1 aromatic heterocycles. The molecular weight excluding hydrogens is 680 g/mol. The lowest BCUT2D eigenvalue weighted by Gasteiger charge is -2.25. The number of carbonyl (C=O) groups is 3. The summed E-state index contributed by atoms with van der Waals surface area (Å²) in [6.45, 7) is 3.11. The van der Waals surface area contributed by atoms with Crippen molar-refractivity contribution < 1.29 is 39.5 Å². The number of amides is 2. The van der Waals surface area contributed by atoms with Crippen LogP contribution in [-0.4, -0.2) is 87.4 Å². The highest BCUT2D eigenvalue weighted by Crippen LogP contribution is 2.32. The fraction of sp³-hybridized carbons (Fsp3) is 0.250. The van der Waals surface area contributed by atoms with Gasteiger partial charge in [-0.1, -0.05) is 60.7 Å². The quantitative estimate of drug-likeness (QED) is 0.0700. The summed E-state index contributed by atoms with van der Waals surface area (Å²) in [5.41, 5.74) is -0.0900. The molecule has 13 heteroatoms. The minimum absolute atomic E-state index is 0.0702. The number of aromatic hydroxyl groups is 1. The Morgan fingerprint density at radius 1 is 0.906 bits per heavy atom. The largest absolute Gasteiger partial charge is 0.506 e. The summed E-state index contributed by atoms with van der Waals surface area (Å²) >= 11 is 0. The van der Waals surface area contributed by atoms with Gasteiger partial charge in [0.1, 0.15) is 11.5 Å². The number of likely N-dealkylation sites (N-methyl/N-ethyl adjacent to an activating group) is 1. The predicted octanol–water partition coefficient (Wildman–Crippen LogP) is 3.08.